The van der Waals surface area contributed by atoms with Crippen molar-refractivity contribution in [3.8, 4) is 11.5 Å². The number of benzene rings is 1. The van der Waals surface area contributed by atoms with Gasteiger partial charge in [-0.3, -0.25) is 9.59 Å². The molecule has 2 fully saturated rings. The summed E-state index contributed by atoms with van der Waals surface area (Å²) in [5, 5.41) is 2.76. The van der Waals surface area contributed by atoms with Crippen LogP contribution in [0.5, 0.6) is 11.5 Å². The Hall–Kier alpha value is -3.09. The van der Waals surface area contributed by atoms with Crippen LogP contribution in [0.2, 0.25) is 0 Å². The molecule has 2 aliphatic rings. The first kappa shape index (κ1) is 20.2. The molecule has 2 amide bonds. The number of rotatable bonds is 8. The van der Waals surface area contributed by atoms with Gasteiger partial charge in [-0.2, -0.15) is 0 Å². The van der Waals surface area contributed by atoms with Gasteiger partial charge in [0, 0.05) is 24.6 Å². The monoisotopic (exact) mass is 409 g/mol. The molecule has 1 unspecified atom stereocenters. The highest BCUT2D eigenvalue weighted by atomic mass is 16.5. The minimum atomic E-state index is -0.245. The third-order valence-corrected chi connectivity index (χ3v) is 5.54. The van der Waals surface area contributed by atoms with Crippen LogP contribution in [0, 0.1) is 12.8 Å². The van der Waals surface area contributed by atoms with Gasteiger partial charge in [0.1, 0.15) is 5.82 Å². The van der Waals surface area contributed by atoms with Crippen LogP contribution < -0.4 is 14.8 Å². The second kappa shape index (κ2) is 8.73. The van der Waals surface area contributed by atoms with Crippen LogP contribution in [0.1, 0.15) is 36.4 Å². The maximum absolute atomic E-state index is 12.5. The third-order valence-electron chi connectivity index (χ3n) is 5.54. The number of ether oxygens (including phenoxy) is 2. The smallest absolute Gasteiger partial charge is 0.245 e. The highest BCUT2D eigenvalue weighted by Gasteiger charge is 2.32. The highest BCUT2D eigenvalue weighted by Crippen LogP contribution is 2.36. The van der Waals surface area contributed by atoms with Crippen molar-refractivity contribution in [2.75, 3.05) is 32.1 Å². The standard InChI is InChI=1S/C23H27N3O4/c1-15-4-3-5-21(24-15)25-22(27)13-26-12-18(11-23(26)28)17-8-9-19(29-2)20(10-17)30-14-16-6-7-16/h3-5,8-10,16,18H,6-7,11-14H2,1-2H3,(H,24,25,27). The maximum atomic E-state index is 12.5. The average Bonchev–Trinajstić information content (AvgIpc) is 3.48. The minimum absolute atomic E-state index is 0.0200. The number of pyridine rings is 1. The number of carbonyl (C=O) groups is 2. The molecule has 30 heavy (non-hydrogen) atoms. The molecule has 1 aromatic carbocycles. The molecule has 1 saturated carbocycles. The molecule has 7 nitrogen and oxygen atoms in total. The number of carbonyl (C=O) groups excluding carboxylic acids is 2. The number of anilines is 1. The zero-order valence-electron chi connectivity index (χ0n) is 17.4. The molecule has 4 rings (SSSR count). The number of hydrogen-bond acceptors (Lipinski definition) is 5. The summed E-state index contributed by atoms with van der Waals surface area (Å²) >= 11 is 0. The molecule has 1 aliphatic carbocycles. The Morgan fingerprint density at radius 1 is 1.23 bits per heavy atom. The maximum Gasteiger partial charge on any atom is 0.245 e. The lowest BCUT2D eigenvalue weighted by Gasteiger charge is -2.17. The van der Waals surface area contributed by atoms with Gasteiger partial charge in [0.2, 0.25) is 11.8 Å². The van der Waals surface area contributed by atoms with Crippen molar-refractivity contribution in [1.29, 1.82) is 0 Å². The van der Waals surface area contributed by atoms with Crippen LogP contribution in [0.25, 0.3) is 0 Å². The van der Waals surface area contributed by atoms with Crippen molar-refractivity contribution >= 4 is 17.6 Å². The molecule has 0 bridgehead atoms. The molecule has 2 heterocycles. The predicted octanol–water partition coefficient (Wildman–Crippen LogP) is 3.14. The molecule has 0 radical (unpaired) electrons. The number of amides is 2. The molecule has 1 aromatic heterocycles. The number of nitrogens with zero attached hydrogens (tertiary/aromatic N) is 2. The molecule has 2 aromatic rings. The SMILES string of the molecule is COc1ccc(C2CC(=O)N(CC(=O)Nc3cccc(C)n3)C2)cc1OCC1CC1. The summed E-state index contributed by atoms with van der Waals surface area (Å²) in [6.45, 7) is 3.08. The lowest BCUT2D eigenvalue weighted by molar-refractivity contribution is -0.131. The Morgan fingerprint density at radius 3 is 2.80 bits per heavy atom. The van der Waals surface area contributed by atoms with E-state index in [1.54, 1.807) is 18.1 Å². The normalized spacial score (nSPS) is 18.4. The summed E-state index contributed by atoms with van der Waals surface area (Å²) in [6, 6.07) is 11.3. The average molecular weight is 409 g/mol. The molecular weight excluding hydrogens is 382 g/mol. The summed E-state index contributed by atoms with van der Waals surface area (Å²) in [5.74, 6) is 2.31. The van der Waals surface area contributed by atoms with Crippen LogP contribution in [0.4, 0.5) is 5.82 Å². The van der Waals surface area contributed by atoms with Crippen LogP contribution in [-0.4, -0.2) is 48.5 Å². The van der Waals surface area contributed by atoms with E-state index in [9.17, 15) is 9.59 Å². The Kier molecular flexibility index (Phi) is 5.88. The Labute approximate surface area is 176 Å². The van der Waals surface area contributed by atoms with Crippen LogP contribution in [-0.2, 0) is 9.59 Å². The molecule has 1 saturated heterocycles. The second-order valence-electron chi connectivity index (χ2n) is 8.05. The van der Waals surface area contributed by atoms with E-state index in [0.717, 1.165) is 17.0 Å². The number of aromatic nitrogens is 1. The van der Waals surface area contributed by atoms with E-state index < -0.39 is 0 Å². The Morgan fingerprint density at radius 2 is 2.07 bits per heavy atom. The second-order valence-corrected chi connectivity index (χ2v) is 8.05. The largest absolute Gasteiger partial charge is 0.493 e. The van der Waals surface area contributed by atoms with Crippen LogP contribution >= 0.6 is 0 Å². The molecule has 7 heteroatoms. The summed E-state index contributed by atoms with van der Waals surface area (Å²) in [5.41, 5.74) is 1.85. The van der Waals surface area contributed by atoms with E-state index in [1.807, 2.05) is 37.3 Å². The predicted molar refractivity (Wildman–Crippen MR) is 113 cm³/mol. The number of likely N-dealkylation sites (tertiary alicyclic amines) is 1. The lowest BCUT2D eigenvalue weighted by Crippen LogP contribution is -2.34. The first-order chi connectivity index (χ1) is 14.5. The van der Waals surface area contributed by atoms with Gasteiger partial charge in [-0.15, -0.1) is 0 Å². The number of methoxy groups -OCH3 is 1. The summed E-state index contributed by atoms with van der Waals surface area (Å²) in [7, 11) is 1.63. The molecule has 1 aliphatic heterocycles. The van der Waals surface area contributed by atoms with Gasteiger partial charge in [0.05, 0.1) is 20.3 Å². The van der Waals surface area contributed by atoms with Crippen molar-refractivity contribution in [2.45, 2.75) is 32.1 Å². The van der Waals surface area contributed by atoms with Crippen LogP contribution in [0.15, 0.2) is 36.4 Å². The summed E-state index contributed by atoms with van der Waals surface area (Å²) in [6.07, 6.45) is 2.81. The molecule has 158 valence electrons. The van der Waals surface area contributed by atoms with Gasteiger partial charge in [-0.1, -0.05) is 12.1 Å². The van der Waals surface area contributed by atoms with Crippen molar-refractivity contribution in [1.82, 2.24) is 9.88 Å². The Balaban J connectivity index is 1.38. The van der Waals surface area contributed by atoms with Gasteiger partial charge >= 0.3 is 0 Å². The van der Waals surface area contributed by atoms with Gasteiger partial charge in [-0.05, 0) is 55.5 Å². The van der Waals surface area contributed by atoms with E-state index in [0.29, 0.717) is 37.1 Å². The van der Waals surface area contributed by atoms with Crippen LogP contribution in [0.3, 0.4) is 0 Å². The van der Waals surface area contributed by atoms with Crippen molar-refractivity contribution in [3.63, 3.8) is 0 Å². The summed E-state index contributed by atoms with van der Waals surface area (Å²) < 4.78 is 11.4. The first-order valence-corrected chi connectivity index (χ1v) is 10.3. The summed E-state index contributed by atoms with van der Waals surface area (Å²) in [4.78, 5) is 30.8. The van der Waals surface area contributed by atoms with Gasteiger partial charge in [0.15, 0.2) is 11.5 Å². The minimum Gasteiger partial charge on any atom is -0.493 e. The zero-order chi connectivity index (χ0) is 21.1. The molecule has 0 spiro atoms. The quantitative estimate of drug-likeness (QED) is 0.724. The number of aryl methyl sites for hydroxylation is 1. The Bertz CT molecular complexity index is 942. The van der Waals surface area contributed by atoms with Gasteiger partial charge in [-0.25, -0.2) is 4.98 Å². The van der Waals surface area contributed by atoms with Gasteiger partial charge < -0.3 is 19.7 Å². The fraction of sp³-hybridized carbons (Fsp3) is 0.435. The van der Waals surface area contributed by atoms with Crippen molar-refractivity contribution in [2.24, 2.45) is 5.92 Å². The topological polar surface area (TPSA) is 80.8 Å². The molecular formula is C23H27N3O4. The fourth-order valence-electron chi connectivity index (χ4n) is 3.67. The number of hydrogen-bond donors (Lipinski definition) is 1. The zero-order valence-corrected chi connectivity index (χ0v) is 17.4. The highest BCUT2D eigenvalue weighted by molar-refractivity contribution is 5.94. The van der Waals surface area contributed by atoms with E-state index in [4.69, 9.17) is 9.47 Å². The first-order valence-electron chi connectivity index (χ1n) is 10.3. The van der Waals surface area contributed by atoms with E-state index in [-0.39, 0.29) is 24.3 Å². The lowest BCUT2D eigenvalue weighted by atomic mass is 9.98. The third kappa shape index (κ3) is 4.90. The fourth-order valence-corrected chi connectivity index (χ4v) is 3.67. The molecule has 1 N–H and O–H groups in total. The van der Waals surface area contributed by atoms with Crippen molar-refractivity contribution in [3.05, 3.63) is 47.7 Å². The van der Waals surface area contributed by atoms with Crippen molar-refractivity contribution < 1.29 is 19.1 Å². The van der Waals surface area contributed by atoms with E-state index in [2.05, 4.69) is 10.3 Å². The van der Waals surface area contributed by atoms with Gasteiger partial charge in [0.25, 0.3) is 0 Å². The van der Waals surface area contributed by atoms with E-state index >= 15 is 0 Å². The number of nitrogens with one attached hydrogen (secondary N) is 1. The van der Waals surface area contributed by atoms with E-state index in [1.165, 1.54) is 12.8 Å². The molecule has 1 atom stereocenters.